The van der Waals surface area contributed by atoms with E-state index in [2.05, 4.69) is 0 Å². The van der Waals surface area contributed by atoms with Gasteiger partial charge in [0.1, 0.15) is 23.3 Å². The highest BCUT2D eigenvalue weighted by Gasteiger charge is 2.15. The SMILES string of the molecule is NC(Cc1ccc(F)cc1F)c1cc(F)ccc1F. The van der Waals surface area contributed by atoms with E-state index in [1.165, 1.54) is 6.07 Å². The van der Waals surface area contributed by atoms with Gasteiger partial charge in [-0.15, -0.1) is 0 Å². The Kier molecular flexibility index (Phi) is 3.85. The fraction of sp³-hybridized carbons (Fsp3) is 0.143. The van der Waals surface area contributed by atoms with E-state index in [-0.39, 0.29) is 17.5 Å². The van der Waals surface area contributed by atoms with Gasteiger partial charge in [0.25, 0.3) is 0 Å². The van der Waals surface area contributed by atoms with Crippen LogP contribution in [0.4, 0.5) is 17.6 Å². The van der Waals surface area contributed by atoms with Gasteiger partial charge in [0.05, 0.1) is 0 Å². The highest BCUT2D eigenvalue weighted by molar-refractivity contribution is 5.26. The molecule has 0 aliphatic rings. The molecule has 0 amide bonds. The Bertz CT molecular complexity index is 598. The fourth-order valence-corrected chi connectivity index (χ4v) is 1.83. The van der Waals surface area contributed by atoms with Gasteiger partial charge in [-0.05, 0) is 36.2 Å². The lowest BCUT2D eigenvalue weighted by molar-refractivity contribution is 0.543. The highest BCUT2D eigenvalue weighted by atomic mass is 19.1. The summed E-state index contributed by atoms with van der Waals surface area (Å²) in [6.45, 7) is 0. The number of hydrogen-bond acceptors (Lipinski definition) is 1. The third-order valence-electron chi connectivity index (χ3n) is 2.81. The predicted molar refractivity (Wildman–Crippen MR) is 63.3 cm³/mol. The van der Waals surface area contributed by atoms with E-state index in [0.717, 1.165) is 30.3 Å². The van der Waals surface area contributed by atoms with Gasteiger partial charge in [0, 0.05) is 17.7 Å². The molecular formula is C14H11F4N. The van der Waals surface area contributed by atoms with Crippen molar-refractivity contribution in [1.29, 1.82) is 0 Å². The smallest absolute Gasteiger partial charge is 0.129 e. The van der Waals surface area contributed by atoms with Crippen LogP contribution in [0.15, 0.2) is 36.4 Å². The Morgan fingerprint density at radius 2 is 1.47 bits per heavy atom. The molecule has 0 fully saturated rings. The van der Waals surface area contributed by atoms with E-state index in [4.69, 9.17) is 5.73 Å². The highest BCUT2D eigenvalue weighted by Crippen LogP contribution is 2.22. The Balaban J connectivity index is 2.25. The quantitative estimate of drug-likeness (QED) is 0.848. The van der Waals surface area contributed by atoms with Gasteiger partial charge < -0.3 is 5.73 Å². The molecule has 0 aromatic heterocycles. The van der Waals surface area contributed by atoms with Gasteiger partial charge in [-0.1, -0.05) is 6.07 Å². The molecule has 2 rings (SSSR count). The van der Waals surface area contributed by atoms with E-state index in [1.54, 1.807) is 0 Å². The Morgan fingerprint density at radius 3 is 2.16 bits per heavy atom. The maximum Gasteiger partial charge on any atom is 0.129 e. The van der Waals surface area contributed by atoms with Crippen LogP contribution < -0.4 is 5.73 Å². The Morgan fingerprint density at radius 1 is 0.842 bits per heavy atom. The van der Waals surface area contributed by atoms with Crippen LogP contribution in [0, 0.1) is 23.3 Å². The summed E-state index contributed by atoms with van der Waals surface area (Å²) < 4.78 is 52.7. The molecule has 0 saturated carbocycles. The van der Waals surface area contributed by atoms with Crippen molar-refractivity contribution >= 4 is 0 Å². The predicted octanol–water partition coefficient (Wildman–Crippen LogP) is 3.49. The summed E-state index contributed by atoms with van der Waals surface area (Å²) in [4.78, 5) is 0. The summed E-state index contributed by atoms with van der Waals surface area (Å²) in [6.07, 6.45) is -0.0491. The average molecular weight is 269 g/mol. The van der Waals surface area contributed by atoms with Crippen molar-refractivity contribution in [3.8, 4) is 0 Å². The van der Waals surface area contributed by atoms with Gasteiger partial charge in [-0.3, -0.25) is 0 Å². The average Bonchev–Trinajstić information content (AvgIpc) is 2.35. The van der Waals surface area contributed by atoms with Gasteiger partial charge >= 0.3 is 0 Å². The van der Waals surface area contributed by atoms with Crippen LogP contribution in [0.25, 0.3) is 0 Å². The number of rotatable bonds is 3. The topological polar surface area (TPSA) is 26.0 Å². The molecule has 0 spiro atoms. The standard InChI is InChI=1S/C14H11F4N/c15-9-3-4-12(17)11(6-9)14(19)5-8-1-2-10(16)7-13(8)18/h1-4,6-7,14H,5,19H2. The lowest BCUT2D eigenvalue weighted by Gasteiger charge is -2.13. The minimum Gasteiger partial charge on any atom is -0.324 e. The maximum atomic E-state index is 13.5. The lowest BCUT2D eigenvalue weighted by Crippen LogP contribution is -2.16. The first-order valence-corrected chi connectivity index (χ1v) is 5.62. The largest absolute Gasteiger partial charge is 0.324 e. The molecule has 100 valence electrons. The van der Waals surface area contributed by atoms with Crippen molar-refractivity contribution in [1.82, 2.24) is 0 Å². The molecule has 19 heavy (non-hydrogen) atoms. The molecule has 0 heterocycles. The van der Waals surface area contributed by atoms with Crippen LogP contribution in [0.3, 0.4) is 0 Å². The molecule has 1 unspecified atom stereocenters. The molecule has 0 saturated heterocycles. The second kappa shape index (κ2) is 5.40. The van der Waals surface area contributed by atoms with Gasteiger partial charge in [-0.25, -0.2) is 17.6 Å². The lowest BCUT2D eigenvalue weighted by atomic mass is 9.99. The molecule has 0 radical (unpaired) electrons. The molecule has 0 aliphatic carbocycles. The Labute approximate surface area is 107 Å². The fourth-order valence-electron chi connectivity index (χ4n) is 1.83. The normalized spacial score (nSPS) is 12.5. The van der Waals surface area contributed by atoms with Crippen molar-refractivity contribution in [3.05, 3.63) is 70.8 Å². The van der Waals surface area contributed by atoms with Crippen LogP contribution in [0.1, 0.15) is 17.2 Å². The zero-order chi connectivity index (χ0) is 14.0. The van der Waals surface area contributed by atoms with Crippen LogP contribution in [-0.2, 0) is 6.42 Å². The van der Waals surface area contributed by atoms with E-state index in [1.807, 2.05) is 0 Å². The van der Waals surface area contributed by atoms with Gasteiger partial charge in [0.2, 0.25) is 0 Å². The van der Waals surface area contributed by atoms with Crippen molar-refractivity contribution in [2.75, 3.05) is 0 Å². The van der Waals surface area contributed by atoms with Crippen LogP contribution in [-0.4, -0.2) is 0 Å². The van der Waals surface area contributed by atoms with Crippen molar-refractivity contribution < 1.29 is 17.6 Å². The number of benzene rings is 2. The van der Waals surface area contributed by atoms with Gasteiger partial charge in [-0.2, -0.15) is 0 Å². The van der Waals surface area contributed by atoms with E-state index in [9.17, 15) is 17.6 Å². The summed E-state index contributed by atoms with van der Waals surface area (Å²) in [5.74, 6) is -2.73. The molecule has 1 atom stereocenters. The molecule has 0 bridgehead atoms. The number of hydrogen-bond donors (Lipinski definition) is 1. The molecule has 0 aliphatic heterocycles. The summed E-state index contributed by atoms with van der Waals surface area (Å²) in [5, 5.41) is 0. The second-order valence-corrected chi connectivity index (χ2v) is 4.21. The zero-order valence-corrected chi connectivity index (χ0v) is 9.84. The summed E-state index contributed by atoms with van der Waals surface area (Å²) in [5.41, 5.74) is 5.85. The minimum atomic E-state index is -0.907. The molecule has 5 heteroatoms. The first kappa shape index (κ1) is 13.5. The molecule has 2 N–H and O–H groups in total. The zero-order valence-electron chi connectivity index (χ0n) is 9.84. The third kappa shape index (κ3) is 3.12. The summed E-state index contributed by atoms with van der Waals surface area (Å²) in [6, 6.07) is 5.06. The molecule has 1 nitrogen and oxygen atoms in total. The van der Waals surface area contributed by atoms with Crippen LogP contribution in [0.2, 0.25) is 0 Å². The van der Waals surface area contributed by atoms with Crippen molar-refractivity contribution in [2.24, 2.45) is 5.73 Å². The van der Waals surface area contributed by atoms with E-state index >= 15 is 0 Å². The first-order valence-electron chi connectivity index (χ1n) is 5.62. The molecule has 2 aromatic rings. The summed E-state index contributed by atoms with van der Waals surface area (Å²) >= 11 is 0. The molecular weight excluding hydrogens is 258 g/mol. The van der Waals surface area contributed by atoms with E-state index in [0.29, 0.717) is 0 Å². The van der Waals surface area contributed by atoms with Gasteiger partial charge in [0.15, 0.2) is 0 Å². The van der Waals surface area contributed by atoms with E-state index < -0.39 is 29.3 Å². The Hall–Kier alpha value is -1.88. The molecule has 2 aromatic carbocycles. The van der Waals surface area contributed by atoms with Crippen molar-refractivity contribution in [3.63, 3.8) is 0 Å². The first-order chi connectivity index (χ1) is 8.97. The van der Waals surface area contributed by atoms with Crippen molar-refractivity contribution in [2.45, 2.75) is 12.5 Å². The number of halogens is 4. The minimum absolute atomic E-state index is 0.0382. The number of nitrogens with two attached hydrogens (primary N) is 1. The summed E-state index contributed by atoms with van der Waals surface area (Å²) in [7, 11) is 0. The van der Waals surface area contributed by atoms with Crippen LogP contribution >= 0.6 is 0 Å². The maximum absolute atomic E-state index is 13.5. The monoisotopic (exact) mass is 269 g/mol. The third-order valence-corrected chi connectivity index (χ3v) is 2.81. The second-order valence-electron chi connectivity index (χ2n) is 4.21. The van der Waals surface area contributed by atoms with Crippen LogP contribution in [0.5, 0.6) is 0 Å².